The smallest absolute Gasteiger partial charge is 0.153 e. The molecule has 0 saturated carbocycles. The van der Waals surface area contributed by atoms with Gasteiger partial charge >= 0.3 is 0 Å². The highest BCUT2D eigenvalue weighted by atomic mass is 32.2. The fourth-order valence-corrected chi connectivity index (χ4v) is 3.00. The van der Waals surface area contributed by atoms with Gasteiger partial charge in [0.15, 0.2) is 9.84 Å². The number of rotatable bonds is 7. The Kier molecular flexibility index (Phi) is 6.55. The first-order valence-corrected chi connectivity index (χ1v) is 8.33. The van der Waals surface area contributed by atoms with Gasteiger partial charge in [-0.1, -0.05) is 0 Å². The predicted octanol–water partition coefficient (Wildman–Crippen LogP) is 0.283. The van der Waals surface area contributed by atoms with Crippen LogP contribution in [0, 0.1) is 0 Å². The minimum atomic E-state index is -2.93. The van der Waals surface area contributed by atoms with Gasteiger partial charge in [-0.25, -0.2) is 8.42 Å². The summed E-state index contributed by atoms with van der Waals surface area (Å²) >= 11 is 0. The number of sulfone groups is 1. The molecule has 108 valence electrons. The molecular weight excluding hydrogens is 254 g/mol. The van der Waals surface area contributed by atoms with E-state index >= 15 is 0 Å². The Morgan fingerprint density at radius 1 is 1.33 bits per heavy atom. The van der Waals surface area contributed by atoms with Crippen LogP contribution in [0.2, 0.25) is 0 Å². The van der Waals surface area contributed by atoms with Gasteiger partial charge in [-0.3, -0.25) is 0 Å². The normalized spacial score (nSPS) is 19.6. The van der Waals surface area contributed by atoms with Crippen LogP contribution in [0.4, 0.5) is 0 Å². The largest absolute Gasteiger partial charge is 0.394 e. The number of likely N-dealkylation sites (tertiary alicyclic amines) is 1. The molecule has 1 saturated heterocycles. The van der Waals surface area contributed by atoms with Crippen molar-refractivity contribution in [2.24, 2.45) is 0 Å². The lowest BCUT2D eigenvalue weighted by Crippen LogP contribution is -2.40. The second-order valence-corrected chi connectivity index (χ2v) is 7.73. The van der Waals surface area contributed by atoms with E-state index in [1.807, 2.05) is 0 Å². The lowest BCUT2D eigenvalue weighted by Gasteiger charge is -2.31. The Morgan fingerprint density at radius 3 is 2.44 bits per heavy atom. The second-order valence-electron chi connectivity index (χ2n) is 5.05. The van der Waals surface area contributed by atoms with Crippen molar-refractivity contribution in [2.45, 2.75) is 38.0 Å². The zero-order valence-corrected chi connectivity index (χ0v) is 12.2. The van der Waals surface area contributed by atoms with Crippen LogP contribution in [0.5, 0.6) is 0 Å². The van der Waals surface area contributed by atoms with Crippen LogP contribution in [0.25, 0.3) is 0 Å². The molecule has 0 aliphatic carbocycles. The number of hydrogen-bond acceptors (Lipinski definition) is 5. The summed E-state index contributed by atoms with van der Waals surface area (Å²) in [4.78, 5) is 2.18. The Labute approximate surface area is 110 Å². The van der Waals surface area contributed by atoms with Crippen LogP contribution in [0.1, 0.15) is 26.7 Å². The SMILES string of the molecule is CC(C)S(=O)(=O)CCN1CCC(OCCO)CC1. The summed E-state index contributed by atoms with van der Waals surface area (Å²) in [7, 11) is -2.93. The van der Waals surface area contributed by atoms with Gasteiger partial charge in [0.2, 0.25) is 0 Å². The molecule has 0 bridgehead atoms. The molecule has 1 fully saturated rings. The first-order chi connectivity index (χ1) is 8.45. The Morgan fingerprint density at radius 2 is 1.94 bits per heavy atom. The molecule has 1 aliphatic rings. The first kappa shape index (κ1) is 15.9. The molecule has 1 heterocycles. The third-order valence-electron chi connectivity index (χ3n) is 3.39. The van der Waals surface area contributed by atoms with Crippen LogP contribution >= 0.6 is 0 Å². The van der Waals surface area contributed by atoms with Crippen molar-refractivity contribution in [3.63, 3.8) is 0 Å². The summed E-state index contributed by atoms with van der Waals surface area (Å²) in [5.41, 5.74) is 0. The number of piperidine rings is 1. The summed E-state index contributed by atoms with van der Waals surface area (Å²) in [6.07, 6.45) is 2.05. The Hall–Kier alpha value is -0.170. The Bertz CT molecular complexity index is 321. The molecule has 1 rings (SSSR count). The van der Waals surface area contributed by atoms with Gasteiger partial charge in [-0.05, 0) is 26.7 Å². The zero-order chi connectivity index (χ0) is 13.6. The van der Waals surface area contributed by atoms with Gasteiger partial charge in [0, 0.05) is 19.6 Å². The molecule has 18 heavy (non-hydrogen) atoms. The molecule has 5 nitrogen and oxygen atoms in total. The lowest BCUT2D eigenvalue weighted by atomic mass is 10.1. The third-order valence-corrected chi connectivity index (χ3v) is 5.58. The molecule has 0 aromatic carbocycles. The van der Waals surface area contributed by atoms with Crippen molar-refractivity contribution < 1.29 is 18.3 Å². The fourth-order valence-electron chi connectivity index (χ4n) is 2.01. The highest BCUT2D eigenvalue weighted by Crippen LogP contribution is 2.14. The highest BCUT2D eigenvalue weighted by molar-refractivity contribution is 7.92. The molecule has 1 N–H and O–H groups in total. The van der Waals surface area contributed by atoms with Crippen molar-refractivity contribution in [1.29, 1.82) is 0 Å². The molecule has 6 heteroatoms. The van der Waals surface area contributed by atoms with Gasteiger partial charge in [0.25, 0.3) is 0 Å². The van der Waals surface area contributed by atoms with E-state index in [2.05, 4.69) is 4.90 Å². The second kappa shape index (κ2) is 7.43. The van der Waals surface area contributed by atoms with Crippen molar-refractivity contribution in [2.75, 3.05) is 38.6 Å². The summed E-state index contributed by atoms with van der Waals surface area (Å²) < 4.78 is 28.9. The predicted molar refractivity (Wildman–Crippen MR) is 71.4 cm³/mol. The molecule has 0 unspecified atom stereocenters. The van der Waals surface area contributed by atoms with Gasteiger partial charge in [-0.2, -0.15) is 0 Å². The Balaban J connectivity index is 2.24. The standard InChI is InChI=1S/C12H25NO4S/c1-11(2)18(15,16)10-7-13-5-3-12(4-6-13)17-9-8-14/h11-12,14H,3-10H2,1-2H3. The van der Waals surface area contributed by atoms with Gasteiger partial charge in [0.05, 0.1) is 30.3 Å². The van der Waals surface area contributed by atoms with Crippen molar-refractivity contribution in [3.05, 3.63) is 0 Å². The molecule has 0 radical (unpaired) electrons. The van der Waals surface area contributed by atoms with Gasteiger partial charge in [0.1, 0.15) is 0 Å². The van der Waals surface area contributed by atoms with Crippen LogP contribution in [-0.2, 0) is 14.6 Å². The van der Waals surface area contributed by atoms with Crippen LogP contribution in [0.15, 0.2) is 0 Å². The van der Waals surface area contributed by atoms with Crippen LogP contribution < -0.4 is 0 Å². The molecule has 0 atom stereocenters. The fraction of sp³-hybridized carbons (Fsp3) is 1.00. The van der Waals surface area contributed by atoms with E-state index in [0.29, 0.717) is 13.2 Å². The van der Waals surface area contributed by atoms with Crippen LogP contribution in [-0.4, -0.2) is 68.4 Å². The number of aliphatic hydroxyl groups is 1. The zero-order valence-electron chi connectivity index (χ0n) is 11.3. The topological polar surface area (TPSA) is 66.8 Å². The van der Waals surface area contributed by atoms with Gasteiger partial charge < -0.3 is 14.7 Å². The summed E-state index contributed by atoms with van der Waals surface area (Å²) in [6.45, 7) is 6.29. The van der Waals surface area contributed by atoms with Crippen molar-refractivity contribution in [1.82, 2.24) is 4.90 Å². The van der Waals surface area contributed by atoms with Crippen molar-refractivity contribution >= 4 is 9.84 Å². The number of nitrogens with zero attached hydrogens (tertiary/aromatic N) is 1. The molecule has 1 aliphatic heterocycles. The first-order valence-electron chi connectivity index (χ1n) is 6.62. The molecular formula is C12H25NO4S. The lowest BCUT2D eigenvalue weighted by molar-refractivity contribution is -0.00673. The number of ether oxygens (including phenoxy) is 1. The quantitative estimate of drug-likeness (QED) is 0.725. The van der Waals surface area contributed by atoms with E-state index in [1.165, 1.54) is 0 Å². The molecule has 0 aromatic heterocycles. The molecule has 0 amide bonds. The number of hydrogen-bond donors (Lipinski definition) is 1. The summed E-state index contributed by atoms with van der Waals surface area (Å²) in [5, 5.41) is 8.38. The average molecular weight is 279 g/mol. The van der Waals surface area contributed by atoms with E-state index < -0.39 is 9.84 Å². The maximum Gasteiger partial charge on any atom is 0.153 e. The van der Waals surface area contributed by atoms with E-state index in [-0.39, 0.29) is 23.7 Å². The maximum atomic E-state index is 11.7. The van der Waals surface area contributed by atoms with Crippen molar-refractivity contribution in [3.8, 4) is 0 Å². The van der Waals surface area contributed by atoms with E-state index in [4.69, 9.17) is 9.84 Å². The average Bonchev–Trinajstić information content (AvgIpc) is 2.35. The molecule has 0 aromatic rings. The summed E-state index contributed by atoms with van der Waals surface area (Å²) in [5.74, 6) is 0.243. The maximum absolute atomic E-state index is 11.7. The van der Waals surface area contributed by atoms with Gasteiger partial charge in [-0.15, -0.1) is 0 Å². The third kappa shape index (κ3) is 5.22. The summed E-state index contributed by atoms with van der Waals surface area (Å²) in [6, 6.07) is 0. The van der Waals surface area contributed by atoms with Crippen LogP contribution in [0.3, 0.4) is 0 Å². The monoisotopic (exact) mass is 279 g/mol. The van der Waals surface area contributed by atoms with E-state index in [9.17, 15) is 8.42 Å². The van der Waals surface area contributed by atoms with E-state index in [1.54, 1.807) is 13.8 Å². The minimum absolute atomic E-state index is 0.0623. The number of aliphatic hydroxyl groups excluding tert-OH is 1. The minimum Gasteiger partial charge on any atom is -0.394 e. The van der Waals surface area contributed by atoms with E-state index in [0.717, 1.165) is 25.9 Å². The highest BCUT2D eigenvalue weighted by Gasteiger charge is 2.22. The molecule has 0 spiro atoms.